The molecule has 0 saturated carbocycles. The molecule has 2 aliphatic heterocycles. The van der Waals surface area contributed by atoms with Gasteiger partial charge in [-0.05, 0) is 42.6 Å². The Morgan fingerprint density at radius 3 is 2.52 bits per heavy atom. The number of hydrogen-bond donors (Lipinski definition) is 0. The van der Waals surface area contributed by atoms with E-state index in [1.165, 1.54) is 11.8 Å². The van der Waals surface area contributed by atoms with E-state index in [9.17, 15) is 4.79 Å². The molecule has 1 saturated heterocycles. The third-order valence-electron chi connectivity index (χ3n) is 3.55. The Balaban J connectivity index is 1.71. The number of amidine groups is 1. The van der Waals surface area contributed by atoms with Gasteiger partial charge in [-0.3, -0.25) is 4.79 Å². The number of thioether (sulfide) groups is 1. The molecule has 1 amide bonds. The van der Waals surface area contributed by atoms with Crippen LogP contribution in [0.5, 0.6) is 0 Å². The third-order valence-corrected chi connectivity index (χ3v) is 5.12. The third kappa shape index (κ3) is 3.56. The highest BCUT2D eigenvalue weighted by molar-refractivity contribution is 9.10. The van der Waals surface area contributed by atoms with Crippen LogP contribution in [0.4, 0.5) is 0 Å². The Bertz CT molecular complexity index is 604. The van der Waals surface area contributed by atoms with Crippen molar-refractivity contribution in [2.24, 2.45) is 4.99 Å². The fourth-order valence-corrected chi connectivity index (χ4v) is 3.47. The monoisotopic (exact) mass is 365 g/mol. The van der Waals surface area contributed by atoms with Crippen molar-refractivity contribution < 1.29 is 4.79 Å². The number of nitrogens with zero attached hydrogens (tertiary/aromatic N) is 3. The Labute approximate surface area is 137 Å². The van der Waals surface area contributed by atoms with Crippen molar-refractivity contribution in [2.75, 3.05) is 33.2 Å². The minimum Gasteiger partial charge on any atom is -0.348 e. The summed E-state index contributed by atoms with van der Waals surface area (Å²) in [7, 11) is 2.12. The van der Waals surface area contributed by atoms with Crippen molar-refractivity contribution in [1.29, 1.82) is 0 Å². The Hall–Kier alpha value is -1.11. The van der Waals surface area contributed by atoms with Gasteiger partial charge in [0.25, 0.3) is 5.91 Å². The first-order valence-corrected chi connectivity index (χ1v) is 8.44. The number of rotatable bonds is 1. The fourth-order valence-electron chi connectivity index (χ4n) is 2.24. The number of amides is 1. The average Bonchev–Trinajstić information content (AvgIpc) is 2.83. The second-order valence-corrected chi connectivity index (χ2v) is 7.08. The first-order chi connectivity index (χ1) is 10.1. The lowest BCUT2D eigenvalue weighted by molar-refractivity contribution is -0.113. The van der Waals surface area contributed by atoms with Gasteiger partial charge in [0.15, 0.2) is 5.17 Å². The van der Waals surface area contributed by atoms with Gasteiger partial charge < -0.3 is 9.80 Å². The van der Waals surface area contributed by atoms with Gasteiger partial charge in [0.2, 0.25) is 0 Å². The molecule has 110 valence electrons. The van der Waals surface area contributed by atoms with Crippen LogP contribution >= 0.6 is 27.7 Å². The smallest absolute Gasteiger partial charge is 0.286 e. The zero-order chi connectivity index (χ0) is 14.8. The molecule has 1 aromatic carbocycles. The van der Waals surface area contributed by atoms with Crippen molar-refractivity contribution in [2.45, 2.75) is 0 Å². The van der Waals surface area contributed by atoms with Crippen LogP contribution in [-0.2, 0) is 4.79 Å². The molecule has 0 aliphatic carbocycles. The van der Waals surface area contributed by atoms with Gasteiger partial charge in [-0.25, -0.2) is 0 Å². The number of likely N-dealkylation sites (N-methyl/N-ethyl adjacent to an activating group) is 1. The van der Waals surface area contributed by atoms with Crippen LogP contribution in [0.2, 0.25) is 0 Å². The van der Waals surface area contributed by atoms with Gasteiger partial charge in [0.05, 0.1) is 4.91 Å². The lowest BCUT2D eigenvalue weighted by atomic mass is 10.2. The predicted octanol–water partition coefficient (Wildman–Crippen LogP) is 2.67. The van der Waals surface area contributed by atoms with Crippen LogP contribution in [0.25, 0.3) is 6.08 Å². The number of halogens is 1. The molecule has 4 nitrogen and oxygen atoms in total. The molecule has 0 unspecified atom stereocenters. The number of carbonyl (C=O) groups excluding carboxylic acids is 1. The minimum atomic E-state index is -0.128. The number of benzene rings is 1. The van der Waals surface area contributed by atoms with Gasteiger partial charge in [-0.2, -0.15) is 4.99 Å². The highest BCUT2D eigenvalue weighted by Crippen LogP contribution is 2.30. The van der Waals surface area contributed by atoms with Gasteiger partial charge in [0.1, 0.15) is 0 Å². The molecule has 0 bridgehead atoms. The summed E-state index contributed by atoms with van der Waals surface area (Å²) < 4.78 is 1.03. The van der Waals surface area contributed by atoms with E-state index in [0.717, 1.165) is 41.4 Å². The number of aliphatic imine (C=N–C) groups is 1. The molecule has 1 fully saturated rings. The molecule has 1 aromatic rings. The molecule has 0 aromatic heterocycles. The van der Waals surface area contributed by atoms with E-state index in [4.69, 9.17) is 0 Å². The minimum absolute atomic E-state index is 0.128. The number of carbonyl (C=O) groups is 1. The summed E-state index contributed by atoms with van der Waals surface area (Å²) in [4.78, 5) is 21.4. The Morgan fingerprint density at radius 2 is 1.86 bits per heavy atom. The van der Waals surface area contributed by atoms with Crippen molar-refractivity contribution in [3.05, 3.63) is 39.2 Å². The van der Waals surface area contributed by atoms with Crippen LogP contribution in [0.15, 0.2) is 38.6 Å². The molecule has 3 rings (SSSR count). The van der Waals surface area contributed by atoms with Crippen LogP contribution < -0.4 is 0 Å². The van der Waals surface area contributed by atoms with Gasteiger partial charge in [-0.15, -0.1) is 0 Å². The first kappa shape index (κ1) is 14.8. The van der Waals surface area contributed by atoms with Gasteiger partial charge in [0, 0.05) is 30.7 Å². The van der Waals surface area contributed by atoms with Crippen LogP contribution in [0.1, 0.15) is 5.56 Å². The summed E-state index contributed by atoms with van der Waals surface area (Å²) in [5.74, 6) is -0.128. The maximum absolute atomic E-state index is 12.0. The van der Waals surface area contributed by atoms with E-state index in [0.29, 0.717) is 4.91 Å². The zero-order valence-electron chi connectivity index (χ0n) is 11.8. The highest BCUT2D eigenvalue weighted by atomic mass is 79.9. The molecule has 6 heteroatoms. The van der Waals surface area contributed by atoms with E-state index in [-0.39, 0.29) is 5.91 Å². The molecular weight excluding hydrogens is 350 g/mol. The molecule has 21 heavy (non-hydrogen) atoms. The summed E-state index contributed by atoms with van der Waals surface area (Å²) in [5, 5.41) is 0.844. The summed E-state index contributed by atoms with van der Waals surface area (Å²) in [6, 6.07) is 7.91. The highest BCUT2D eigenvalue weighted by Gasteiger charge is 2.27. The van der Waals surface area contributed by atoms with Crippen molar-refractivity contribution in [3.63, 3.8) is 0 Å². The van der Waals surface area contributed by atoms with Crippen LogP contribution in [0, 0.1) is 0 Å². The topological polar surface area (TPSA) is 35.9 Å². The second-order valence-electron chi connectivity index (χ2n) is 5.15. The van der Waals surface area contributed by atoms with Crippen molar-refractivity contribution in [1.82, 2.24) is 9.80 Å². The number of hydrogen-bond acceptors (Lipinski definition) is 4. The van der Waals surface area contributed by atoms with E-state index in [1.54, 1.807) is 0 Å². The number of piperazine rings is 1. The van der Waals surface area contributed by atoms with Crippen molar-refractivity contribution >= 4 is 44.8 Å². The largest absolute Gasteiger partial charge is 0.348 e. The van der Waals surface area contributed by atoms with E-state index in [1.807, 2.05) is 30.3 Å². The van der Waals surface area contributed by atoms with Crippen LogP contribution in [0.3, 0.4) is 0 Å². The zero-order valence-corrected chi connectivity index (χ0v) is 14.2. The molecule has 0 N–H and O–H groups in total. The molecule has 0 radical (unpaired) electrons. The van der Waals surface area contributed by atoms with E-state index in [2.05, 4.69) is 37.8 Å². The maximum Gasteiger partial charge on any atom is 0.286 e. The molecule has 2 heterocycles. The second kappa shape index (κ2) is 6.34. The maximum atomic E-state index is 12.0. The quantitative estimate of drug-likeness (QED) is 0.716. The van der Waals surface area contributed by atoms with Crippen LogP contribution in [-0.4, -0.2) is 54.1 Å². The van der Waals surface area contributed by atoms with Crippen molar-refractivity contribution in [3.8, 4) is 0 Å². The SMILES string of the molecule is CN1CCN(C2=NC(=O)/C(=C\c3ccc(Br)cc3)S2)CC1. The normalized spacial score (nSPS) is 22.0. The summed E-state index contributed by atoms with van der Waals surface area (Å²) >= 11 is 4.89. The molecule has 0 spiro atoms. The summed E-state index contributed by atoms with van der Waals surface area (Å²) in [5.41, 5.74) is 1.02. The standard InChI is InChI=1S/C15H16BrN3OS/c1-18-6-8-19(9-7-18)15-17-14(20)13(21-15)10-11-2-4-12(16)5-3-11/h2-5,10H,6-9H2,1H3/b13-10+. The molecule has 0 atom stereocenters. The lowest BCUT2D eigenvalue weighted by Crippen LogP contribution is -2.46. The summed E-state index contributed by atoms with van der Waals surface area (Å²) in [6.07, 6.45) is 1.91. The van der Waals surface area contributed by atoms with Gasteiger partial charge in [-0.1, -0.05) is 28.1 Å². The lowest BCUT2D eigenvalue weighted by Gasteiger charge is -2.32. The average molecular weight is 366 g/mol. The molecular formula is C15H16BrN3OS. The summed E-state index contributed by atoms with van der Waals surface area (Å²) in [6.45, 7) is 3.89. The first-order valence-electron chi connectivity index (χ1n) is 6.83. The fraction of sp³-hybridized carbons (Fsp3) is 0.333. The Kier molecular flexibility index (Phi) is 4.47. The molecule has 2 aliphatic rings. The van der Waals surface area contributed by atoms with E-state index < -0.39 is 0 Å². The Morgan fingerprint density at radius 1 is 1.19 bits per heavy atom. The van der Waals surface area contributed by atoms with Gasteiger partial charge >= 0.3 is 0 Å². The predicted molar refractivity (Wildman–Crippen MR) is 91.2 cm³/mol. The van der Waals surface area contributed by atoms with E-state index >= 15 is 0 Å².